The van der Waals surface area contributed by atoms with Crippen LogP contribution in [0.3, 0.4) is 0 Å². The molecule has 0 amide bonds. The third kappa shape index (κ3) is 3.14. The van der Waals surface area contributed by atoms with Gasteiger partial charge in [-0.2, -0.15) is 0 Å². The second kappa shape index (κ2) is 6.26. The molecule has 0 heterocycles. The van der Waals surface area contributed by atoms with Crippen LogP contribution >= 0.6 is 11.8 Å². The number of rotatable bonds is 5. The molecule has 0 atom stereocenters. The molecule has 0 aliphatic heterocycles. The quantitative estimate of drug-likeness (QED) is 0.604. The largest absolute Gasteiger partial charge is 0.496 e. The van der Waals surface area contributed by atoms with Crippen LogP contribution in [0.5, 0.6) is 5.75 Å². The zero-order chi connectivity index (χ0) is 12.8. The lowest BCUT2D eigenvalue weighted by molar-refractivity contribution is 0.102. The van der Waals surface area contributed by atoms with E-state index in [4.69, 9.17) is 4.74 Å². The molecule has 0 aromatic heterocycles. The smallest absolute Gasteiger partial charge is 0.173 e. The Bertz CT molecular complexity index is 523. The van der Waals surface area contributed by atoms with Gasteiger partial charge in [0.15, 0.2) is 5.78 Å². The summed E-state index contributed by atoms with van der Waals surface area (Å²) in [4.78, 5) is 12.9. The highest BCUT2D eigenvalue weighted by Crippen LogP contribution is 2.29. The van der Waals surface area contributed by atoms with Crippen LogP contribution in [0.4, 0.5) is 0 Å². The van der Waals surface area contributed by atoms with Gasteiger partial charge in [-0.05, 0) is 12.1 Å². The summed E-state index contributed by atoms with van der Waals surface area (Å²) < 4.78 is 5.25. The SMILES string of the molecule is COc1ccccc1SCC(=O)c1ccccc1. The lowest BCUT2D eigenvalue weighted by Crippen LogP contribution is -2.01. The van der Waals surface area contributed by atoms with Crippen LogP contribution < -0.4 is 4.74 Å². The zero-order valence-electron chi connectivity index (χ0n) is 10.1. The molecule has 92 valence electrons. The van der Waals surface area contributed by atoms with Crippen molar-refractivity contribution in [3.63, 3.8) is 0 Å². The van der Waals surface area contributed by atoms with Gasteiger partial charge in [0, 0.05) is 10.5 Å². The number of thioether (sulfide) groups is 1. The molecule has 18 heavy (non-hydrogen) atoms. The van der Waals surface area contributed by atoms with Crippen molar-refractivity contribution in [2.24, 2.45) is 0 Å². The third-order valence-corrected chi connectivity index (χ3v) is 3.58. The minimum atomic E-state index is 0.131. The second-order valence-electron chi connectivity index (χ2n) is 3.73. The van der Waals surface area contributed by atoms with Gasteiger partial charge in [-0.15, -0.1) is 11.8 Å². The summed E-state index contributed by atoms with van der Waals surface area (Å²) in [6.45, 7) is 0. The van der Waals surface area contributed by atoms with Gasteiger partial charge in [0.05, 0.1) is 12.9 Å². The molecule has 0 spiro atoms. The van der Waals surface area contributed by atoms with E-state index in [9.17, 15) is 4.79 Å². The van der Waals surface area contributed by atoms with Crippen LogP contribution in [-0.2, 0) is 0 Å². The van der Waals surface area contributed by atoms with E-state index in [1.54, 1.807) is 7.11 Å². The normalized spacial score (nSPS) is 10.1. The molecule has 3 heteroatoms. The molecular formula is C15H14O2S. The topological polar surface area (TPSA) is 26.3 Å². The molecule has 0 bridgehead atoms. The van der Waals surface area contributed by atoms with Gasteiger partial charge in [-0.1, -0.05) is 42.5 Å². The third-order valence-electron chi connectivity index (χ3n) is 2.52. The van der Waals surface area contributed by atoms with Gasteiger partial charge in [0.25, 0.3) is 0 Å². The Hall–Kier alpha value is -1.74. The number of ketones is 1. The number of hydrogen-bond acceptors (Lipinski definition) is 3. The average Bonchev–Trinajstić information content (AvgIpc) is 2.46. The van der Waals surface area contributed by atoms with E-state index in [1.165, 1.54) is 11.8 Å². The van der Waals surface area contributed by atoms with Gasteiger partial charge in [0.1, 0.15) is 5.75 Å². The summed E-state index contributed by atoms with van der Waals surface area (Å²) in [5.74, 6) is 1.36. The number of para-hydroxylation sites is 1. The minimum Gasteiger partial charge on any atom is -0.496 e. The fourth-order valence-electron chi connectivity index (χ4n) is 1.59. The fourth-order valence-corrected chi connectivity index (χ4v) is 2.51. The highest BCUT2D eigenvalue weighted by molar-refractivity contribution is 8.00. The summed E-state index contributed by atoms with van der Waals surface area (Å²) in [6, 6.07) is 17.1. The zero-order valence-corrected chi connectivity index (χ0v) is 10.9. The van der Waals surface area contributed by atoms with E-state index in [-0.39, 0.29) is 5.78 Å². The number of methoxy groups -OCH3 is 1. The summed E-state index contributed by atoms with van der Waals surface area (Å²) in [7, 11) is 1.64. The van der Waals surface area contributed by atoms with E-state index < -0.39 is 0 Å². The Morgan fingerprint density at radius 1 is 1.06 bits per heavy atom. The standard InChI is InChI=1S/C15H14O2S/c1-17-14-9-5-6-10-15(14)18-11-13(16)12-7-3-2-4-8-12/h2-10H,11H2,1H3. The van der Waals surface area contributed by atoms with Crippen LogP contribution in [0.25, 0.3) is 0 Å². The van der Waals surface area contributed by atoms with Crippen molar-refractivity contribution in [3.05, 3.63) is 60.2 Å². The van der Waals surface area contributed by atoms with Crippen molar-refractivity contribution in [1.82, 2.24) is 0 Å². The maximum Gasteiger partial charge on any atom is 0.173 e. The van der Waals surface area contributed by atoms with Crippen LogP contribution in [0.15, 0.2) is 59.5 Å². The van der Waals surface area contributed by atoms with Crippen LogP contribution in [0, 0.1) is 0 Å². The lowest BCUT2D eigenvalue weighted by atomic mass is 10.2. The van der Waals surface area contributed by atoms with E-state index in [2.05, 4.69) is 0 Å². The van der Waals surface area contributed by atoms with Gasteiger partial charge < -0.3 is 4.74 Å². The van der Waals surface area contributed by atoms with Crippen molar-refractivity contribution >= 4 is 17.5 Å². The molecule has 0 unspecified atom stereocenters. The van der Waals surface area contributed by atoms with Crippen molar-refractivity contribution in [3.8, 4) is 5.75 Å². The lowest BCUT2D eigenvalue weighted by Gasteiger charge is -2.07. The molecule has 0 saturated carbocycles. The first-order valence-corrected chi connectivity index (χ1v) is 6.64. The first-order valence-electron chi connectivity index (χ1n) is 5.65. The van der Waals surface area contributed by atoms with Crippen molar-refractivity contribution in [2.45, 2.75) is 4.90 Å². The molecule has 0 aliphatic carbocycles. The number of carbonyl (C=O) groups excluding carboxylic acids is 1. The summed E-state index contributed by atoms with van der Waals surface area (Å²) in [5, 5.41) is 0. The van der Waals surface area contributed by atoms with Crippen LogP contribution in [0.2, 0.25) is 0 Å². The summed E-state index contributed by atoms with van der Waals surface area (Å²) in [5.41, 5.74) is 0.750. The predicted octanol–water partition coefficient (Wildman–Crippen LogP) is 3.67. The maximum absolute atomic E-state index is 12.0. The minimum absolute atomic E-state index is 0.131. The van der Waals surface area contributed by atoms with Gasteiger partial charge in [0.2, 0.25) is 0 Å². The number of hydrogen-bond donors (Lipinski definition) is 0. The van der Waals surface area contributed by atoms with E-state index >= 15 is 0 Å². The highest BCUT2D eigenvalue weighted by atomic mass is 32.2. The number of carbonyl (C=O) groups is 1. The predicted molar refractivity (Wildman–Crippen MR) is 74.5 cm³/mol. The number of benzene rings is 2. The van der Waals surface area contributed by atoms with Crippen molar-refractivity contribution in [1.29, 1.82) is 0 Å². The molecule has 0 fully saturated rings. The highest BCUT2D eigenvalue weighted by Gasteiger charge is 2.08. The van der Waals surface area contributed by atoms with Crippen LogP contribution in [0.1, 0.15) is 10.4 Å². The monoisotopic (exact) mass is 258 g/mol. The fraction of sp³-hybridized carbons (Fsp3) is 0.133. The molecule has 0 saturated heterocycles. The Labute approximate surface area is 111 Å². The molecule has 2 nitrogen and oxygen atoms in total. The molecule has 0 N–H and O–H groups in total. The average molecular weight is 258 g/mol. The maximum atomic E-state index is 12.0. The Kier molecular flexibility index (Phi) is 4.42. The first kappa shape index (κ1) is 12.7. The Balaban J connectivity index is 2.02. The molecular weight excluding hydrogens is 244 g/mol. The second-order valence-corrected chi connectivity index (χ2v) is 4.75. The molecule has 2 aromatic rings. The Morgan fingerprint density at radius 3 is 2.44 bits per heavy atom. The van der Waals surface area contributed by atoms with Crippen molar-refractivity contribution < 1.29 is 9.53 Å². The Morgan fingerprint density at radius 2 is 1.72 bits per heavy atom. The van der Waals surface area contributed by atoms with Crippen LogP contribution in [-0.4, -0.2) is 18.6 Å². The summed E-state index contributed by atoms with van der Waals surface area (Å²) >= 11 is 1.50. The molecule has 0 aliphatic rings. The molecule has 2 aromatic carbocycles. The van der Waals surface area contributed by atoms with Gasteiger partial charge in [-0.25, -0.2) is 0 Å². The van der Waals surface area contributed by atoms with Gasteiger partial charge >= 0.3 is 0 Å². The number of Topliss-reactive ketones (excluding diaryl/α,β-unsaturated/α-hetero) is 1. The summed E-state index contributed by atoms with van der Waals surface area (Å²) in [6.07, 6.45) is 0. The van der Waals surface area contributed by atoms with E-state index in [0.717, 1.165) is 16.2 Å². The molecule has 0 radical (unpaired) electrons. The van der Waals surface area contributed by atoms with Crippen molar-refractivity contribution in [2.75, 3.05) is 12.9 Å². The van der Waals surface area contributed by atoms with Gasteiger partial charge in [-0.3, -0.25) is 4.79 Å². The first-order chi connectivity index (χ1) is 8.81. The van der Waals surface area contributed by atoms with E-state index in [1.807, 2.05) is 54.6 Å². The van der Waals surface area contributed by atoms with E-state index in [0.29, 0.717) is 5.75 Å². The molecule has 2 rings (SSSR count). The number of ether oxygens (including phenoxy) is 1.